The Morgan fingerprint density at radius 3 is 2.70 bits per heavy atom. The molecule has 2 aromatic carbocycles. The van der Waals surface area contributed by atoms with E-state index >= 15 is 0 Å². The molecule has 4 heteroatoms. The van der Waals surface area contributed by atoms with Gasteiger partial charge in [0.25, 0.3) is 5.91 Å². The third-order valence-electron chi connectivity index (χ3n) is 5.13. The van der Waals surface area contributed by atoms with Crippen LogP contribution in [0.25, 0.3) is 11.1 Å². The fourth-order valence-corrected chi connectivity index (χ4v) is 3.74. The van der Waals surface area contributed by atoms with Gasteiger partial charge in [0.1, 0.15) is 5.75 Å². The number of benzene rings is 2. The lowest BCUT2D eigenvalue weighted by molar-refractivity contribution is 0.0929. The number of carbonyl (C=O) groups excluding carboxylic acids is 1. The molecule has 1 aliphatic carbocycles. The maximum atomic E-state index is 12.9. The van der Waals surface area contributed by atoms with Gasteiger partial charge in [-0.25, -0.2) is 0 Å². The molecule has 4 rings (SSSR count). The molecule has 0 fully saturated rings. The second-order valence-corrected chi connectivity index (χ2v) is 6.77. The van der Waals surface area contributed by atoms with Crippen LogP contribution >= 0.6 is 0 Å². The molecule has 0 saturated carbocycles. The van der Waals surface area contributed by atoms with Gasteiger partial charge in [-0.1, -0.05) is 30.3 Å². The highest BCUT2D eigenvalue weighted by Crippen LogP contribution is 2.31. The van der Waals surface area contributed by atoms with Gasteiger partial charge in [-0.05, 0) is 65.8 Å². The number of ether oxygens (including phenoxy) is 1. The van der Waals surface area contributed by atoms with Crippen LogP contribution in [0.2, 0.25) is 0 Å². The molecular formula is C23H22N2O2. The van der Waals surface area contributed by atoms with E-state index in [0.29, 0.717) is 11.3 Å². The molecule has 27 heavy (non-hydrogen) atoms. The van der Waals surface area contributed by atoms with Gasteiger partial charge in [0.2, 0.25) is 0 Å². The Morgan fingerprint density at radius 1 is 1.07 bits per heavy atom. The van der Waals surface area contributed by atoms with Crippen LogP contribution in [0.3, 0.4) is 0 Å². The van der Waals surface area contributed by atoms with Gasteiger partial charge in [-0.2, -0.15) is 0 Å². The molecule has 1 aromatic heterocycles. The van der Waals surface area contributed by atoms with Crippen molar-refractivity contribution in [1.82, 2.24) is 10.3 Å². The number of carbonyl (C=O) groups is 1. The van der Waals surface area contributed by atoms with E-state index < -0.39 is 0 Å². The van der Waals surface area contributed by atoms with Gasteiger partial charge in [0.05, 0.1) is 18.7 Å². The van der Waals surface area contributed by atoms with Gasteiger partial charge in [-0.3, -0.25) is 9.78 Å². The van der Waals surface area contributed by atoms with Gasteiger partial charge in [-0.15, -0.1) is 0 Å². The van der Waals surface area contributed by atoms with Gasteiger partial charge in [0.15, 0.2) is 0 Å². The van der Waals surface area contributed by atoms with Crippen molar-refractivity contribution in [3.05, 3.63) is 83.7 Å². The second-order valence-electron chi connectivity index (χ2n) is 6.77. The number of nitrogens with one attached hydrogen (secondary N) is 1. The molecule has 1 heterocycles. The third-order valence-corrected chi connectivity index (χ3v) is 5.13. The van der Waals surface area contributed by atoms with E-state index in [4.69, 9.17) is 4.74 Å². The highest BCUT2D eigenvalue weighted by atomic mass is 16.5. The third kappa shape index (κ3) is 3.56. The van der Waals surface area contributed by atoms with Crippen molar-refractivity contribution in [2.75, 3.05) is 7.11 Å². The minimum Gasteiger partial charge on any atom is -0.496 e. The minimum atomic E-state index is -0.102. The molecule has 1 atom stereocenters. The summed E-state index contributed by atoms with van der Waals surface area (Å²) in [6.07, 6.45) is 6.62. The number of aromatic nitrogens is 1. The SMILES string of the molecule is COc1cc(-c2ccncc2)ccc1C(=O)NC1CCCc2ccccc21. The lowest BCUT2D eigenvalue weighted by Gasteiger charge is -2.26. The summed E-state index contributed by atoms with van der Waals surface area (Å²) in [5, 5.41) is 3.20. The Hall–Kier alpha value is -3.14. The molecule has 1 unspecified atom stereocenters. The molecule has 0 aliphatic heterocycles. The Kier molecular flexibility index (Phi) is 4.88. The quantitative estimate of drug-likeness (QED) is 0.743. The highest BCUT2D eigenvalue weighted by Gasteiger charge is 2.23. The summed E-state index contributed by atoms with van der Waals surface area (Å²) in [5.74, 6) is 0.473. The van der Waals surface area contributed by atoms with Crippen molar-refractivity contribution in [3.8, 4) is 16.9 Å². The maximum absolute atomic E-state index is 12.9. The fraction of sp³-hybridized carbons (Fsp3) is 0.217. The van der Waals surface area contributed by atoms with Gasteiger partial charge < -0.3 is 10.1 Å². The van der Waals surface area contributed by atoms with E-state index in [0.717, 1.165) is 30.4 Å². The summed E-state index contributed by atoms with van der Waals surface area (Å²) in [4.78, 5) is 17.0. The van der Waals surface area contributed by atoms with Crippen LogP contribution in [-0.4, -0.2) is 18.0 Å². The lowest BCUT2D eigenvalue weighted by atomic mass is 9.87. The molecule has 0 radical (unpaired) electrons. The number of hydrogen-bond donors (Lipinski definition) is 1. The molecule has 4 nitrogen and oxygen atoms in total. The van der Waals surface area contributed by atoms with Crippen molar-refractivity contribution in [3.63, 3.8) is 0 Å². The van der Waals surface area contributed by atoms with E-state index in [1.807, 2.05) is 36.4 Å². The van der Waals surface area contributed by atoms with E-state index in [1.54, 1.807) is 19.5 Å². The molecule has 1 N–H and O–H groups in total. The summed E-state index contributed by atoms with van der Waals surface area (Å²) in [6, 6.07) is 18.0. The topological polar surface area (TPSA) is 51.2 Å². The number of pyridine rings is 1. The van der Waals surface area contributed by atoms with Crippen molar-refractivity contribution < 1.29 is 9.53 Å². The fourth-order valence-electron chi connectivity index (χ4n) is 3.74. The smallest absolute Gasteiger partial charge is 0.255 e. The van der Waals surface area contributed by atoms with Crippen molar-refractivity contribution in [2.24, 2.45) is 0 Å². The zero-order valence-electron chi connectivity index (χ0n) is 15.3. The number of aryl methyl sites for hydroxylation is 1. The van der Waals surface area contributed by atoms with E-state index in [1.165, 1.54) is 11.1 Å². The van der Waals surface area contributed by atoms with Crippen molar-refractivity contribution in [1.29, 1.82) is 0 Å². The second kappa shape index (κ2) is 7.62. The van der Waals surface area contributed by atoms with Crippen LogP contribution in [0, 0.1) is 0 Å². The van der Waals surface area contributed by atoms with Crippen LogP contribution in [0.15, 0.2) is 67.0 Å². The number of amides is 1. The number of nitrogens with zero attached hydrogens (tertiary/aromatic N) is 1. The number of fused-ring (bicyclic) bond motifs is 1. The average Bonchev–Trinajstić information content (AvgIpc) is 2.74. The summed E-state index contributed by atoms with van der Waals surface area (Å²) in [6.45, 7) is 0. The molecule has 1 aliphatic rings. The molecule has 3 aromatic rings. The summed E-state index contributed by atoms with van der Waals surface area (Å²) >= 11 is 0. The first-order valence-corrected chi connectivity index (χ1v) is 9.23. The van der Waals surface area contributed by atoms with Crippen LogP contribution < -0.4 is 10.1 Å². The Balaban J connectivity index is 1.59. The Labute approximate surface area is 159 Å². The first kappa shape index (κ1) is 17.3. The molecule has 1 amide bonds. The molecule has 0 bridgehead atoms. The monoisotopic (exact) mass is 358 g/mol. The van der Waals surface area contributed by atoms with E-state index in [9.17, 15) is 4.79 Å². The van der Waals surface area contributed by atoms with E-state index in [-0.39, 0.29) is 11.9 Å². The summed E-state index contributed by atoms with van der Waals surface area (Å²) in [5.41, 5.74) is 5.14. The van der Waals surface area contributed by atoms with Crippen LogP contribution in [0.5, 0.6) is 5.75 Å². The highest BCUT2D eigenvalue weighted by molar-refractivity contribution is 5.98. The van der Waals surface area contributed by atoms with Crippen LogP contribution in [0.1, 0.15) is 40.4 Å². The summed E-state index contributed by atoms with van der Waals surface area (Å²) in [7, 11) is 1.60. The van der Waals surface area contributed by atoms with Gasteiger partial charge in [0, 0.05) is 12.4 Å². The predicted molar refractivity (Wildman–Crippen MR) is 106 cm³/mol. The standard InChI is InChI=1S/C23H22N2O2/c1-27-22-15-18(16-11-13-24-14-12-16)9-10-20(22)23(26)25-21-8-4-6-17-5-2-3-7-19(17)21/h2-3,5,7,9-15,21H,4,6,8H2,1H3,(H,25,26). The van der Waals surface area contributed by atoms with Gasteiger partial charge >= 0.3 is 0 Å². The van der Waals surface area contributed by atoms with Crippen LogP contribution in [0.4, 0.5) is 0 Å². The number of rotatable bonds is 4. The van der Waals surface area contributed by atoms with E-state index in [2.05, 4.69) is 28.5 Å². The predicted octanol–water partition coefficient (Wildman–Crippen LogP) is 4.56. The number of hydrogen-bond acceptors (Lipinski definition) is 3. The zero-order chi connectivity index (χ0) is 18.6. The first-order valence-electron chi connectivity index (χ1n) is 9.23. The first-order chi connectivity index (χ1) is 13.3. The minimum absolute atomic E-state index is 0.0482. The van der Waals surface area contributed by atoms with Crippen molar-refractivity contribution >= 4 is 5.91 Å². The Morgan fingerprint density at radius 2 is 1.89 bits per heavy atom. The largest absolute Gasteiger partial charge is 0.496 e. The molecule has 0 spiro atoms. The average molecular weight is 358 g/mol. The van der Waals surface area contributed by atoms with Crippen molar-refractivity contribution in [2.45, 2.75) is 25.3 Å². The number of methoxy groups -OCH3 is 1. The molecular weight excluding hydrogens is 336 g/mol. The molecule has 136 valence electrons. The van der Waals surface area contributed by atoms with Crippen LogP contribution in [-0.2, 0) is 6.42 Å². The zero-order valence-corrected chi connectivity index (χ0v) is 15.3. The summed E-state index contributed by atoms with van der Waals surface area (Å²) < 4.78 is 5.51. The normalized spacial score (nSPS) is 15.7. The Bertz CT molecular complexity index is 954. The lowest BCUT2D eigenvalue weighted by Crippen LogP contribution is -2.31. The molecule has 0 saturated heterocycles. The maximum Gasteiger partial charge on any atom is 0.255 e.